The zero-order valence-electron chi connectivity index (χ0n) is 17.3. The van der Waals surface area contributed by atoms with E-state index in [-0.39, 0.29) is 29.3 Å². The minimum absolute atomic E-state index is 0.113. The lowest BCUT2D eigenvalue weighted by molar-refractivity contribution is -0.190. The lowest BCUT2D eigenvalue weighted by Gasteiger charge is -2.59. The summed E-state index contributed by atoms with van der Waals surface area (Å²) in [6.45, 7) is 7.78. The van der Waals surface area contributed by atoms with Crippen LogP contribution in [0.4, 0.5) is 0 Å². The molecule has 0 N–H and O–H groups in total. The second-order valence-electron chi connectivity index (χ2n) is 9.58. The average Bonchev–Trinajstić information content (AvgIpc) is 2.72. The number of likely N-dealkylation sites (tertiary alicyclic amines) is 1. The van der Waals surface area contributed by atoms with E-state index in [2.05, 4.69) is 23.6 Å². The summed E-state index contributed by atoms with van der Waals surface area (Å²) < 4.78 is 0. The molecule has 5 heteroatoms. The van der Waals surface area contributed by atoms with Gasteiger partial charge in [0.1, 0.15) is 6.04 Å². The van der Waals surface area contributed by atoms with Crippen LogP contribution in [0.2, 0.25) is 0 Å². The highest BCUT2D eigenvalue weighted by Crippen LogP contribution is 2.51. The minimum atomic E-state index is -0.375. The summed E-state index contributed by atoms with van der Waals surface area (Å²) in [6.07, 6.45) is 12.0. The molecule has 1 spiro atoms. The number of carbonyl (C=O) groups is 2. The number of nitrogens with zero attached hydrogens (tertiary/aromatic N) is 3. The highest BCUT2D eigenvalue weighted by molar-refractivity contribution is 6.02. The second kappa shape index (κ2) is 7.73. The number of carbonyl (C=O) groups excluding carboxylic acids is 2. The number of piperazine rings is 1. The van der Waals surface area contributed by atoms with E-state index in [0.717, 1.165) is 57.9 Å². The van der Waals surface area contributed by atoms with Crippen LogP contribution in [0.15, 0.2) is 0 Å². The molecule has 0 bridgehead atoms. The minimum Gasteiger partial charge on any atom is -0.338 e. The maximum absolute atomic E-state index is 13.5. The number of β-lactam (4-membered cyclic amide) rings is 1. The molecule has 2 aliphatic carbocycles. The average molecular weight is 376 g/mol. The van der Waals surface area contributed by atoms with Gasteiger partial charge in [-0.15, -0.1) is 0 Å². The first-order chi connectivity index (χ1) is 13.0. The SMILES string of the molecule is CC(C)N1C(=O)C2(CCCCC2)C1C(=O)N1CCN(C2CCCCC2)CC1. The fourth-order valence-electron chi connectivity index (χ4n) is 6.18. The summed E-state index contributed by atoms with van der Waals surface area (Å²) in [4.78, 5) is 33.1. The molecular formula is C22H37N3O2. The van der Waals surface area contributed by atoms with Crippen LogP contribution in [-0.4, -0.2) is 70.8 Å². The first-order valence-electron chi connectivity index (χ1n) is 11.4. The largest absolute Gasteiger partial charge is 0.338 e. The number of hydrogen-bond acceptors (Lipinski definition) is 3. The first-order valence-corrected chi connectivity index (χ1v) is 11.4. The zero-order valence-corrected chi connectivity index (χ0v) is 17.3. The second-order valence-corrected chi connectivity index (χ2v) is 9.58. The van der Waals surface area contributed by atoms with Crippen molar-refractivity contribution in [1.29, 1.82) is 0 Å². The van der Waals surface area contributed by atoms with Gasteiger partial charge in [-0.1, -0.05) is 38.5 Å². The predicted octanol–water partition coefficient (Wildman–Crippen LogP) is 3.03. The van der Waals surface area contributed by atoms with E-state index in [9.17, 15) is 9.59 Å². The van der Waals surface area contributed by atoms with Crippen LogP contribution in [0.1, 0.15) is 78.1 Å². The van der Waals surface area contributed by atoms with E-state index < -0.39 is 0 Å². The molecule has 2 saturated carbocycles. The van der Waals surface area contributed by atoms with Gasteiger partial charge >= 0.3 is 0 Å². The van der Waals surface area contributed by atoms with Crippen molar-refractivity contribution < 1.29 is 9.59 Å². The fraction of sp³-hybridized carbons (Fsp3) is 0.909. The van der Waals surface area contributed by atoms with Crippen LogP contribution in [0.5, 0.6) is 0 Å². The van der Waals surface area contributed by atoms with Gasteiger partial charge in [-0.05, 0) is 39.5 Å². The molecule has 0 aromatic heterocycles. The Labute approximate surface area is 164 Å². The molecule has 2 saturated heterocycles. The third kappa shape index (κ3) is 3.30. The summed E-state index contributed by atoms with van der Waals surface area (Å²) in [5.74, 6) is 0.477. The van der Waals surface area contributed by atoms with Gasteiger partial charge in [0.25, 0.3) is 0 Å². The van der Waals surface area contributed by atoms with Crippen molar-refractivity contribution in [1.82, 2.24) is 14.7 Å². The summed E-state index contributed by atoms with van der Waals surface area (Å²) >= 11 is 0. The Morgan fingerprint density at radius 1 is 0.926 bits per heavy atom. The van der Waals surface area contributed by atoms with Crippen molar-refractivity contribution in [3.8, 4) is 0 Å². The topological polar surface area (TPSA) is 43.9 Å². The van der Waals surface area contributed by atoms with Gasteiger partial charge in [-0.3, -0.25) is 14.5 Å². The molecule has 5 nitrogen and oxygen atoms in total. The van der Waals surface area contributed by atoms with Gasteiger partial charge in [-0.25, -0.2) is 0 Å². The predicted molar refractivity (Wildman–Crippen MR) is 106 cm³/mol. The van der Waals surface area contributed by atoms with Crippen LogP contribution in [0, 0.1) is 5.41 Å². The van der Waals surface area contributed by atoms with Crippen LogP contribution >= 0.6 is 0 Å². The van der Waals surface area contributed by atoms with Crippen molar-refractivity contribution >= 4 is 11.8 Å². The third-order valence-electron chi connectivity index (χ3n) is 7.72. The Morgan fingerprint density at radius 3 is 2.11 bits per heavy atom. The molecular weight excluding hydrogens is 338 g/mol. The Bertz CT molecular complexity index is 556. The highest BCUT2D eigenvalue weighted by Gasteiger charge is 2.64. The van der Waals surface area contributed by atoms with Crippen molar-refractivity contribution in [2.24, 2.45) is 5.41 Å². The molecule has 0 radical (unpaired) electrons. The van der Waals surface area contributed by atoms with Crippen LogP contribution in [0.25, 0.3) is 0 Å². The summed E-state index contributed by atoms with van der Waals surface area (Å²) in [7, 11) is 0. The molecule has 2 amide bonds. The van der Waals surface area contributed by atoms with Gasteiger partial charge in [0.05, 0.1) is 5.41 Å². The fourth-order valence-corrected chi connectivity index (χ4v) is 6.18. The van der Waals surface area contributed by atoms with Gasteiger partial charge in [-0.2, -0.15) is 0 Å². The standard InChI is InChI=1S/C22H37N3O2/c1-17(2)25-19(22(21(25)27)11-7-4-8-12-22)20(26)24-15-13-23(14-16-24)18-9-5-3-6-10-18/h17-19H,3-16H2,1-2H3. The van der Waals surface area contributed by atoms with E-state index in [1.165, 1.54) is 38.5 Å². The normalized spacial score (nSPS) is 30.0. The maximum Gasteiger partial charge on any atom is 0.246 e. The van der Waals surface area contributed by atoms with E-state index in [1.54, 1.807) is 0 Å². The smallest absolute Gasteiger partial charge is 0.246 e. The van der Waals surface area contributed by atoms with Gasteiger partial charge in [0, 0.05) is 38.3 Å². The Morgan fingerprint density at radius 2 is 1.52 bits per heavy atom. The Hall–Kier alpha value is -1.10. The molecule has 4 aliphatic rings. The highest BCUT2D eigenvalue weighted by atomic mass is 16.2. The molecule has 1 unspecified atom stereocenters. The quantitative estimate of drug-likeness (QED) is 0.712. The molecule has 27 heavy (non-hydrogen) atoms. The first kappa shape index (κ1) is 19.2. The van der Waals surface area contributed by atoms with E-state index in [4.69, 9.17) is 0 Å². The molecule has 0 aromatic rings. The van der Waals surface area contributed by atoms with Crippen molar-refractivity contribution in [3.63, 3.8) is 0 Å². The van der Waals surface area contributed by atoms with Crippen molar-refractivity contribution in [3.05, 3.63) is 0 Å². The van der Waals surface area contributed by atoms with Gasteiger partial charge in [0.2, 0.25) is 11.8 Å². The van der Waals surface area contributed by atoms with Gasteiger partial charge < -0.3 is 9.80 Å². The molecule has 0 aromatic carbocycles. The van der Waals surface area contributed by atoms with E-state index in [1.807, 2.05) is 4.90 Å². The summed E-state index contributed by atoms with van der Waals surface area (Å²) in [6, 6.07) is 0.646. The van der Waals surface area contributed by atoms with Crippen molar-refractivity contribution in [2.75, 3.05) is 26.2 Å². The lowest BCUT2D eigenvalue weighted by Crippen LogP contribution is -2.76. The number of hydrogen-bond donors (Lipinski definition) is 0. The molecule has 2 heterocycles. The molecule has 4 rings (SSSR count). The molecule has 2 aliphatic heterocycles. The summed E-state index contributed by atoms with van der Waals surface area (Å²) in [5.41, 5.74) is -0.375. The maximum atomic E-state index is 13.5. The Balaban J connectivity index is 1.42. The third-order valence-corrected chi connectivity index (χ3v) is 7.72. The number of amides is 2. The van der Waals surface area contributed by atoms with Gasteiger partial charge in [0.15, 0.2) is 0 Å². The number of rotatable bonds is 3. The van der Waals surface area contributed by atoms with Crippen LogP contribution in [-0.2, 0) is 9.59 Å². The molecule has 1 atom stereocenters. The van der Waals surface area contributed by atoms with Crippen LogP contribution in [0.3, 0.4) is 0 Å². The van der Waals surface area contributed by atoms with E-state index >= 15 is 0 Å². The molecule has 4 fully saturated rings. The monoisotopic (exact) mass is 375 g/mol. The molecule has 152 valence electrons. The van der Waals surface area contributed by atoms with Crippen molar-refractivity contribution in [2.45, 2.75) is 96.2 Å². The van der Waals surface area contributed by atoms with Crippen LogP contribution < -0.4 is 0 Å². The Kier molecular flexibility index (Phi) is 5.50. The summed E-state index contributed by atoms with van der Waals surface area (Å²) in [5, 5.41) is 0. The lowest BCUT2D eigenvalue weighted by atomic mass is 9.61. The van der Waals surface area contributed by atoms with E-state index in [0.29, 0.717) is 0 Å². The zero-order chi connectivity index (χ0) is 19.0.